The van der Waals surface area contributed by atoms with Gasteiger partial charge in [0.05, 0.1) is 10.5 Å². The maximum Gasteiger partial charge on any atom is 0.260 e. The van der Waals surface area contributed by atoms with E-state index >= 15 is 0 Å². The van der Waals surface area contributed by atoms with Crippen molar-refractivity contribution in [3.63, 3.8) is 0 Å². The third-order valence-corrected chi connectivity index (χ3v) is 7.37. The molecule has 2 aromatic carbocycles. The van der Waals surface area contributed by atoms with E-state index in [1.54, 1.807) is 23.1 Å². The molecule has 0 unspecified atom stereocenters. The van der Waals surface area contributed by atoms with Crippen molar-refractivity contribution < 1.29 is 13.2 Å². The third-order valence-electron chi connectivity index (χ3n) is 5.56. The number of sulfonamides is 1. The van der Waals surface area contributed by atoms with Crippen LogP contribution in [0.4, 0.5) is 11.4 Å². The SMILES string of the molecule is CN(C)S(=O)(=O)c1ccc(N2CCCC2)c(C(=O)N2CCc3ccccc32)c1. The summed E-state index contributed by atoms with van der Waals surface area (Å²) in [5.41, 5.74) is 3.35. The average molecular weight is 400 g/mol. The van der Waals surface area contributed by atoms with Crippen molar-refractivity contribution in [1.29, 1.82) is 0 Å². The van der Waals surface area contributed by atoms with Crippen molar-refractivity contribution in [2.75, 3.05) is 43.5 Å². The van der Waals surface area contributed by atoms with Gasteiger partial charge in [-0.05, 0) is 49.1 Å². The summed E-state index contributed by atoms with van der Waals surface area (Å²) < 4.78 is 26.5. The zero-order valence-electron chi connectivity index (χ0n) is 16.3. The summed E-state index contributed by atoms with van der Waals surface area (Å²) in [6.07, 6.45) is 2.98. The summed E-state index contributed by atoms with van der Waals surface area (Å²) in [4.78, 5) is 17.6. The first-order chi connectivity index (χ1) is 13.4. The number of para-hydroxylation sites is 1. The number of rotatable bonds is 4. The number of benzene rings is 2. The van der Waals surface area contributed by atoms with Gasteiger partial charge in [0.15, 0.2) is 0 Å². The predicted octanol–water partition coefficient (Wildman–Crippen LogP) is 2.74. The summed E-state index contributed by atoms with van der Waals surface area (Å²) in [6, 6.07) is 12.8. The van der Waals surface area contributed by atoms with E-state index in [-0.39, 0.29) is 10.8 Å². The molecule has 1 saturated heterocycles. The van der Waals surface area contributed by atoms with Crippen LogP contribution in [-0.4, -0.2) is 52.4 Å². The summed E-state index contributed by atoms with van der Waals surface area (Å²) in [7, 11) is -0.609. The molecule has 1 fully saturated rings. The Bertz CT molecular complexity index is 1010. The number of hydrogen-bond acceptors (Lipinski definition) is 4. The highest BCUT2D eigenvalue weighted by Crippen LogP contribution is 2.33. The Morgan fingerprint density at radius 1 is 0.964 bits per heavy atom. The van der Waals surface area contributed by atoms with Gasteiger partial charge < -0.3 is 9.80 Å². The molecule has 148 valence electrons. The van der Waals surface area contributed by atoms with Crippen molar-refractivity contribution in [2.24, 2.45) is 0 Å². The molecule has 2 aromatic rings. The van der Waals surface area contributed by atoms with Gasteiger partial charge in [0.2, 0.25) is 10.0 Å². The average Bonchev–Trinajstić information content (AvgIpc) is 3.36. The summed E-state index contributed by atoms with van der Waals surface area (Å²) >= 11 is 0. The molecule has 2 heterocycles. The summed E-state index contributed by atoms with van der Waals surface area (Å²) in [5, 5.41) is 0. The van der Waals surface area contributed by atoms with Gasteiger partial charge >= 0.3 is 0 Å². The Balaban J connectivity index is 1.80. The smallest absolute Gasteiger partial charge is 0.260 e. The van der Waals surface area contributed by atoms with Crippen LogP contribution in [0.1, 0.15) is 28.8 Å². The van der Waals surface area contributed by atoms with Gasteiger partial charge in [-0.2, -0.15) is 0 Å². The quantitative estimate of drug-likeness (QED) is 0.793. The Kier molecular flexibility index (Phi) is 4.89. The third kappa shape index (κ3) is 3.18. The van der Waals surface area contributed by atoms with Crippen LogP contribution in [0.2, 0.25) is 0 Å². The Labute approximate surface area is 166 Å². The summed E-state index contributed by atoms with van der Waals surface area (Å²) in [6.45, 7) is 2.38. The molecule has 6 nitrogen and oxygen atoms in total. The normalized spacial score (nSPS) is 16.7. The molecular weight excluding hydrogens is 374 g/mol. The predicted molar refractivity (Wildman–Crippen MR) is 111 cm³/mol. The van der Waals surface area contributed by atoms with E-state index in [9.17, 15) is 13.2 Å². The zero-order chi connectivity index (χ0) is 19.9. The molecule has 2 aliphatic rings. The van der Waals surface area contributed by atoms with Crippen LogP contribution in [-0.2, 0) is 16.4 Å². The van der Waals surface area contributed by atoms with E-state index in [0.717, 1.165) is 49.3 Å². The number of carbonyl (C=O) groups is 1. The van der Waals surface area contributed by atoms with Crippen LogP contribution in [0.3, 0.4) is 0 Å². The molecule has 0 atom stereocenters. The molecule has 0 aromatic heterocycles. The fraction of sp³-hybridized carbons (Fsp3) is 0.381. The number of hydrogen-bond donors (Lipinski definition) is 0. The van der Waals surface area contributed by atoms with Crippen molar-refractivity contribution in [3.8, 4) is 0 Å². The van der Waals surface area contributed by atoms with Gasteiger partial charge in [0, 0.05) is 45.1 Å². The van der Waals surface area contributed by atoms with E-state index in [2.05, 4.69) is 4.90 Å². The van der Waals surface area contributed by atoms with Crippen LogP contribution in [0.5, 0.6) is 0 Å². The minimum atomic E-state index is -3.61. The number of nitrogens with zero attached hydrogens (tertiary/aromatic N) is 3. The molecule has 2 aliphatic heterocycles. The topological polar surface area (TPSA) is 60.9 Å². The van der Waals surface area contributed by atoms with E-state index in [1.807, 2.05) is 24.3 Å². The second kappa shape index (κ2) is 7.22. The minimum absolute atomic E-state index is 0.136. The number of amides is 1. The van der Waals surface area contributed by atoms with Crippen molar-refractivity contribution in [3.05, 3.63) is 53.6 Å². The Morgan fingerprint density at radius 3 is 2.39 bits per heavy atom. The first kappa shape index (κ1) is 19.0. The minimum Gasteiger partial charge on any atom is -0.371 e. The van der Waals surface area contributed by atoms with Crippen LogP contribution >= 0.6 is 0 Å². The van der Waals surface area contributed by atoms with Crippen LogP contribution in [0.25, 0.3) is 0 Å². The second-order valence-electron chi connectivity index (χ2n) is 7.50. The van der Waals surface area contributed by atoms with E-state index in [4.69, 9.17) is 0 Å². The van der Waals surface area contributed by atoms with Gasteiger partial charge in [-0.25, -0.2) is 12.7 Å². The van der Waals surface area contributed by atoms with Gasteiger partial charge in [0.1, 0.15) is 0 Å². The number of carbonyl (C=O) groups excluding carboxylic acids is 1. The first-order valence-corrected chi connectivity index (χ1v) is 11.0. The van der Waals surface area contributed by atoms with E-state index in [0.29, 0.717) is 12.1 Å². The van der Waals surface area contributed by atoms with Gasteiger partial charge in [-0.3, -0.25) is 4.79 Å². The molecule has 28 heavy (non-hydrogen) atoms. The maximum atomic E-state index is 13.5. The summed E-state index contributed by atoms with van der Waals surface area (Å²) in [5.74, 6) is -0.136. The monoisotopic (exact) mass is 399 g/mol. The van der Waals surface area contributed by atoms with Gasteiger partial charge in [-0.1, -0.05) is 18.2 Å². The lowest BCUT2D eigenvalue weighted by Gasteiger charge is -2.25. The largest absolute Gasteiger partial charge is 0.371 e. The molecule has 0 aliphatic carbocycles. The molecule has 0 spiro atoms. The highest BCUT2D eigenvalue weighted by molar-refractivity contribution is 7.89. The van der Waals surface area contributed by atoms with E-state index in [1.165, 1.54) is 18.4 Å². The highest BCUT2D eigenvalue weighted by Gasteiger charge is 2.30. The molecule has 0 radical (unpaired) electrons. The number of fused-ring (bicyclic) bond motifs is 1. The fourth-order valence-corrected chi connectivity index (χ4v) is 4.91. The molecule has 0 N–H and O–H groups in total. The Hall–Kier alpha value is -2.38. The van der Waals surface area contributed by atoms with Crippen molar-refractivity contribution in [1.82, 2.24) is 4.31 Å². The first-order valence-electron chi connectivity index (χ1n) is 9.61. The van der Waals surface area contributed by atoms with E-state index < -0.39 is 10.0 Å². The number of anilines is 2. The zero-order valence-corrected chi connectivity index (χ0v) is 17.1. The lowest BCUT2D eigenvalue weighted by molar-refractivity contribution is 0.0989. The van der Waals surface area contributed by atoms with Crippen molar-refractivity contribution >= 4 is 27.3 Å². The lowest BCUT2D eigenvalue weighted by Crippen LogP contribution is -2.32. The molecule has 4 rings (SSSR count). The van der Waals surface area contributed by atoms with Gasteiger partial charge in [-0.15, -0.1) is 0 Å². The Morgan fingerprint density at radius 2 is 1.68 bits per heavy atom. The van der Waals surface area contributed by atoms with Crippen LogP contribution < -0.4 is 9.80 Å². The lowest BCUT2D eigenvalue weighted by atomic mass is 10.1. The van der Waals surface area contributed by atoms with Crippen LogP contribution in [0, 0.1) is 0 Å². The fourth-order valence-electron chi connectivity index (χ4n) is 3.99. The van der Waals surface area contributed by atoms with Gasteiger partial charge in [0.25, 0.3) is 5.91 Å². The molecule has 0 saturated carbocycles. The van der Waals surface area contributed by atoms with Crippen molar-refractivity contribution in [2.45, 2.75) is 24.2 Å². The molecule has 7 heteroatoms. The second-order valence-corrected chi connectivity index (χ2v) is 9.65. The van der Waals surface area contributed by atoms with Crippen LogP contribution in [0.15, 0.2) is 47.4 Å². The molecule has 1 amide bonds. The maximum absolute atomic E-state index is 13.5. The molecule has 0 bridgehead atoms. The standard InChI is InChI=1S/C21H25N3O3S/c1-22(2)28(26,27)17-9-10-20(23-12-5-6-13-23)18(15-17)21(25)24-14-11-16-7-3-4-8-19(16)24/h3-4,7-10,15H,5-6,11-14H2,1-2H3. The molecular formula is C21H25N3O3S. The highest BCUT2D eigenvalue weighted by atomic mass is 32.2.